The van der Waals surface area contributed by atoms with Gasteiger partial charge in [-0.3, -0.25) is 5.14 Å². The Morgan fingerprint density at radius 2 is 2.17 bits per heavy atom. The first-order valence-corrected chi connectivity index (χ1v) is 7.86. The number of halogens is 1. The van der Waals surface area contributed by atoms with Gasteiger partial charge in [0.2, 0.25) is 0 Å². The zero-order valence-corrected chi connectivity index (χ0v) is 13.3. The summed E-state index contributed by atoms with van der Waals surface area (Å²) in [5.41, 5.74) is 2.68. The van der Waals surface area contributed by atoms with Crippen LogP contribution in [-0.4, -0.2) is 9.97 Å². The molecule has 3 N–H and O–H groups in total. The number of benzene rings is 1. The average molecular weight is 328 g/mol. The molecule has 2 rings (SSSR count). The monoisotopic (exact) mass is 328 g/mol. The van der Waals surface area contributed by atoms with Gasteiger partial charge in [0.05, 0.1) is 5.69 Å². The molecule has 0 aliphatic carbocycles. The van der Waals surface area contributed by atoms with Crippen LogP contribution in [0.2, 0.25) is 0 Å². The zero-order valence-electron chi connectivity index (χ0n) is 12.5. The van der Waals surface area contributed by atoms with Crippen LogP contribution in [0.5, 0.6) is 0 Å². The second-order valence-corrected chi connectivity index (χ2v) is 5.27. The molecule has 0 radical (unpaired) electrons. The lowest BCUT2D eigenvalue weighted by Crippen LogP contribution is -1.98. The highest BCUT2D eigenvalue weighted by atomic mass is 32.2. The van der Waals surface area contributed by atoms with Crippen LogP contribution in [0.15, 0.2) is 67.8 Å². The molecule has 0 fully saturated rings. The van der Waals surface area contributed by atoms with E-state index in [4.69, 9.17) is 5.14 Å². The minimum atomic E-state index is -0.573. The van der Waals surface area contributed by atoms with E-state index in [0.29, 0.717) is 11.5 Å². The van der Waals surface area contributed by atoms with Crippen LogP contribution in [0.1, 0.15) is 11.3 Å². The fourth-order valence-corrected chi connectivity index (χ4v) is 2.36. The van der Waals surface area contributed by atoms with E-state index in [1.165, 1.54) is 30.4 Å². The highest BCUT2D eigenvalue weighted by Crippen LogP contribution is 2.24. The van der Waals surface area contributed by atoms with Crippen molar-refractivity contribution in [1.29, 1.82) is 0 Å². The lowest BCUT2D eigenvalue weighted by molar-refractivity contribution is 0.677. The van der Waals surface area contributed by atoms with Gasteiger partial charge >= 0.3 is 0 Å². The van der Waals surface area contributed by atoms with Crippen molar-refractivity contribution in [1.82, 2.24) is 9.97 Å². The quantitative estimate of drug-likeness (QED) is 0.583. The van der Waals surface area contributed by atoms with E-state index in [9.17, 15) is 4.39 Å². The molecule has 0 saturated heterocycles. The van der Waals surface area contributed by atoms with Gasteiger partial charge in [-0.05, 0) is 17.7 Å². The molecule has 0 aliphatic heterocycles. The van der Waals surface area contributed by atoms with Crippen molar-refractivity contribution in [3.8, 4) is 0 Å². The number of aromatic nitrogens is 2. The predicted octanol–water partition coefficient (Wildman–Crippen LogP) is 4.38. The first-order valence-electron chi connectivity index (χ1n) is 6.81. The van der Waals surface area contributed by atoms with Gasteiger partial charge < -0.3 is 5.32 Å². The van der Waals surface area contributed by atoms with E-state index in [-0.39, 0.29) is 5.57 Å². The SMILES string of the molecule is C=C/C=C(\C(=C)F)c1cc(Nc2cccc(CSN)c2)ncn1. The number of nitrogens with one attached hydrogen (secondary N) is 1. The minimum Gasteiger partial charge on any atom is -0.340 e. The van der Waals surface area contributed by atoms with E-state index >= 15 is 0 Å². The Balaban J connectivity index is 2.26. The summed E-state index contributed by atoms with van der Waals surface area (Å²) in [4.78, 5) is 8.24. The fourth-order valence-electron chi connectivity index (χ4n) is 1.99. The molecule has 0 bridgehead atoms. The van der Waals surface area contributed by atoms with Crippen LogP contribution in [-0.2, 0) is 5.75 Å². The molecule has 23 heavy (non-hydrogen) atoms. The van der Waals surface area contributed by atoms with E-state index < -0.39 is 5.83 Å². The largest absolute Gasteiger partial charge is 0.340 e. The van der Waals surface area contributed by atoms with E-state index in [0.717, 1.165) is 17.0 Å². The number of nitrogens with zero attached hydrogens (tertiary/aromatic N) is 2. The maximum absolute atomic E-state index is 13.5. The van der Waals surface area contributed by atoms with Crippen LogP contribution < -0.4 is 10.5 Å². The molecule has 118 valence electrons. The van der Waals surface area contributed by atoms with Crippen LogP contribution in [0, 0.1) is 0 Å². The van der Waals surface area contributed by atoms with Crippen molar-refractivity contribution in [2.24, 2.45) is 5.14 Å². The van der Waals surface area contributed by atoms with Gasteiger partial charge in [-0.1, -0.05) is 49.4 Å². The Hall–Kier alpha value is -2.44. The Labute approximate surface area is 139 Å². The summed E-state index contributed by atoms with van der Waals surface area (Å²) >= 11 is 1.26. The molecule has 1 aromatic carbocycles. The Morgan fingerprint density at radius 3 is 2.87 bits per heavy atom. The van der Waals surface area contributed by atoms with E-state index in [1.54, 1.807) is 6.07 Å². The Morgan fingerprint density at radius 1 is 1.35 bits per heavy atom. The first kappa shape index (κ1) is 16.9. The average Bonchev–Trinajstić information content (AvgIpc) is 2.53. The maximum Gasteiger partial charge on any atom is 0.134 e. The molecule has 0 amide bonds. The fraction of sp³-hybridized carbons (Fsp3) is 0.0588. The Bertz CT molecular complexity index is 743. The summed E-state index contributed by atoms with van der Waals surface area (Å²) in [5, 5.41) is 8.66. The molecule has 0 unspecified atom stereocenters. The summed E-state index contributed by atoms with van der Waals surface area (Å²) in [6, 6.07) is 9.48. The number of hydrogen-bond acceptors (Lipinski definition) is 5. The second kappa shape index (κ2) is 8.26. The summed E-state index contributed by atoms with van der Waals surface area (Å²) < 4.78 is 13.5. The van der Waals surface area contributed by atoms with Crippen LogP contribution in [0.3, 0.4) is 0 Å². The van der Waals surface area contributed by atoms with E-state index in [1.807, 2.05) is 24.3 Å². The van der Waals surface area contributed by atoms with Gasteiger partial charge in [0.25, 0.3) is 0 Å². The van der Waals surface area contributed by atoms with Crippen LogP contribution >= 0.6 is 11.9 Å². The molecular weight excluding hydrogens is 311 g/mol. The molecule has 0 aliphatic rings. The van der Waals surface area contributed by atoms with Crippen molar-refractivity contribution in [3.63, 3.8) is 0 Å². The summed E-state index contributed by atoms with van der Waals surface area (Å²) in [6.45, 7) is 6.89. The summed E-state index contributed by atoms with van der Waals surface area (Å²) in [7, 11) is 0. The van der Waals surface area contributed by atoms with Crippen molar-refractivity contribution in [2.75, 3.05) is 5.32 Å². The number of hydrogen-bond donors (Lipinski definition) is 2. The third-order valence-electron chi connectivity index (χ3n) is 2.97. The third kappa shape index (κ3) is 4.77. The highest BCUT2D eigenvalue weighted by Gasteiger charge is 2.08. The topological polar surface area (TPSA) is 63.8 Å². The van der Waals surface area contributed by atoms with Crippen molar-refractivity contribution in [3.05, 3.63) is 79.1 Å². The van der Waals surface area contributed by atoms with Crippen molar-refractivity contribution >= 4 is 29.0 Å². The third-order valence-corrected chi connectivity index (χ3v) is 3.47. The van der Waals surface area contributed by atoms with Crippen LogP contribution in [0.4, 0.5) is 15.9 Å². The summed E-state index contributed by atoms with van der Waals surface area (Å²) in [6.07, 6.45) is 4.38. The van der Waals surface area contributed by atoms with Gasteiger partial charge in [-0.25, -0.2) is 14.4 Å². The molecule has 0 atom stereocenters. The molecule has 6 heteroatoms. The van der Waals surface area contributed by atoms with Gasteiger partial charge in [-0.15, -0.1) is 0 Å². The summed E-state index contributed by atoms with van der Waals surface area (Å²) in [5.74, 6) is 0.707. The van der Waals surface area contributed by atoms with Gasteiger partial charge in [0, 0.05) is 23.1 Å². The molecule has 1 heterocycles. The Kier molecular flexibility index (Phi) is 6.08. The normalized spacial score (nSPS) is 11.1. The first-order chi connectivity index (χ1) is 11.1. The van der Waals surface area contributed by atoms with Crippen LogP contribution in [0.25, 0.3) is 5.57 Å². The standard InChI is InChI=1S/C17H17FN4S/c1-3-5-15(12(2)18)16-9-17(21-11-20-16)22-14-7-4-6-13(8-14)10-23-19/h3-9,11H,1-2,10,19H2,(H,20,21,22)/b15-5+. The molecule has 1 aromatic heterocycles. The van der Waals surface area contributed by atoms with Gasteiger partial charge in [0.15, 0.2) is 0 Å². The number of allylic oxidation sites excluding steroid dienone is 4. The highest BCUT2D eigenvalue weighted by molar-refractivity contribution is 7.96. The molecule has 0 spiro atoms. The van der Waals surface area contributed by atoms with Crippen molar-refractivity contribution in [2.45, 2.75) is 5.75 Å². The lowest BCUT2D eigenvalue weighted by atomic mass is 10.1. The van der Waals surface area contributed by atoms with E-state index in [2.05, 4.69) is 28.4 Å². The number of nitrogens with two attached hydrogens (primary N) is 1. The molecular formula is C17H17FN4S. The number of rotatable bonds is 7. The molecule has 4 nitrogen and oxygen atoms in total. The van der Waals surface area contributed by atoms with Crippen molar-refractivity contribution < 1.29 is 4.39 Å². The maximum atomic E-state index is 13.5. The minimum absolute atomic E-state index is 0.277. The van der Waals surface area contributed by atoms with Gasteiger partial charge in [-0.2, -0.15) is 0 Å². The zero-order chi connectivity index (χ0) is 16.7. The van der Waals surface area contributed by atoms with Gasteiger partial charge in [0.1, 0.15) is 18.0 Å². The second-order valence-electron chi connectivity index (χ2n) is 4.65. The lowest BCUT2D eigenvalue weighted by Gasteiger charge is -2.09. The smallest absolute Gasteiger partial charge is 0.134 e. The predicted molar refractivity (Wildman–Crippen MR) is 95.7 cm³/mol. The molecule has 2 aromatic rings. The number of anilines is 2. The molecule has 0 saturated carbocycles.